The van der Waals surface area contributed by atoms with Gasteiger partial charge in [0.15, 0.2) is 0 Å². The molecule has 0 heterocycles. The number of halogens is 1. The molecule has 0 aromatic heterocycles. The fraction of sp³-hybridized carbons (Fsp3) is 0.714. The van der Waals surface area contributed by atoms with E-state index in [-0.39, 0.29) is 29.1 Å². The maximum Gasteiger partial charge on any atom is 0.349 e. The first-order chi connectivity index (χ1) is 6.49. The zero-order chi connectivity index (χ0) is 11.1. The summed E-state index contributed by atoms with van der Waals surface area (Å²) in [4.78, 5) is 22.7. The molecule has 80 valence electrons. The zero-order valence-corrected chi connectivity index (χ0v) is 11.3. The van der Waals surface area contributed by atoms with Crippen LogP contribution in [-0.2, 0) is 9.59 Å². The number of ketones is 1. The van der Waals surface area contributed by atoms with Crippen molar-refractivity contribution in [2.75, 3.05) is 6.61 Å². The minimum Gasteiger partial charge on any atom is -0.396 e. The smallest absolute Gasteiger partial charge is 0.349 e. The van der Waals surface area contributed by atoms with E-state index in [1.807, 2.05) is 22.4 Å². The summed E-state index contributed by atoms with van der Waals surface area (Å²) in [5, 5.41) is 11.2. The predicted octanol–water partition coefficient (Wildman–Crippen LogP) is 0.375. The van der Waals surface area contributed by atoms with Crippen LogP contribution in [0.2, 0.25) is 0 Å². The van der Waals surface area contributed by atoms with E-state index in [1.165, 1.54) is 0 Å². The molecule has 0 radical (unpaired) electrons. The van der Waals surface area contributed by atoms with Gasteiger partial charge in [-0.05, 0) is 13.3 Å². The van der Waals surface area contributed by atoms with Crippen molar-refractivity contribution in [2.24, 2.45) is 5.92 Å². The number of amides is 1. The van der Waals surface area contributed by atoms with E-state index in [1.54, 1.807) is 6.92 Å². The monoisotopic (exact) mass is 329 g/mol. The summed E-state index contributed by atoms with van der Waals surface area (Å²) in [5.41, 5.74) is 0. The molecular formula is C7H14BINO3P. The van der Waals surface area contributed by atoms with Crippen LogP contribution >= 0.6 is 31.5 Å². The van der Waals surface area contributed by atoms with Gasteiger partial charge in [0, 0.05) is 13.0 Å². The molecule has 0 spiro atoms. The molecule has 0 aromatic rings. The molecule has 0 saturated heterocycles. The highest BCUT2D eigenvalue weighted by molar-refractivity contribution is 14.1. The van der Waals surface area contributed by atoms with Crippen molar-refractivity contribution in [2.45, 2.75) is 19.8 Å². The SMILES string of the molecule is CC(C(=O)CCCO)C(=O)NB(P)I. The van der Waals surface area contributed by atoms with Gasteiger partial charge in [-0.1, -0.05) is 0 Å². The van der Waals surface area contributed by atoms with Crippen molar-refractivity contribution < 1.29 is 14.7 Å². The van der Waals surface area contributed by atoms with Crippen LogP contribution in [0.1, 0.15) is 19.8 Å². The van der Waals surface area contributed by atoms with Crippen molar-refractivity contribution in [1.82, 2.24) is 5.23 Å². The Morgan fingerprint density at radius 3 is 2.64 bits per heavy atom. The standard InChI is InChI=1S/C7H14BINO3P/c1-5(6(12)3-2-4-11)7(13)10-8(9)14/h5,11H,2-4,14H2,1H3,(H,10,13). The van der Waals surface area contributed by atoms with Crippen molar-refractivity contribution in [3.8, 4) is 0 Å². The van der Waals surface area contributed by atoms with Crippen LogP contribution in [-0.4, -0.2) is 27.8 Å². The number of hydrogen-bond donors (Lipinski definition) is 2. The molecule has 0 aliphatic rings. The molecule has 7 heteroatoms. The van der Waals surface area contributed by atoms with Crippen LogP contribution in [0.4, 0.5) is 0 Å². The lowest BCUT2D eigenvalue weighted by atomic mass is 10.0. The highest BCUT2D eigenvalue weighted by Crippen LogP contribution is 2.06. The third-order valence-electron chi connectivity index (χ3n) is 1.74. The maximum atomic E-state index is 11.3. The fourth-order valence-electron chi connectivity index (χ4n) is 0.877. The number of carbonyl (C=O) groups excluding carboxylic acids is 2. The minimum absolute atomic E-state index is 0.0153. The zero-order valence-electron chi connectivity index (χ0n) is 8.00. The Bertz CT molecular complexity index is 215. The van der Waals surface area contributed by atoms with Crippen LogP contribution in [0.5, 0.6) is 0 Å². The molecule has 0 aliphatic carbocycles. The summed E-state index contributed by atoms with van der Waals surface area (Å²) in [7, 11) is 2.42. The van der Waals surface area contributed by atoms with Gasteiger partial charge in [0.25, 0.3) is 0 Å². The molecule has 0 fully saturated rings. The van der Waals surface area contributed by atoms with Crippen molar-refractivity contribution in [1.29, 1.82) is 0 Å². The van der Waals surface area contributed by atoms with Crippen molar-refractivity contribution in [3.63, 3.8) is 0 Å². The second-order valence-electron chi connectivity index (χ2n) is 2.93. The third-order valence-corrected chi connectivity index (χ3v) is 2.22. The minimum atomic E-state index is -0.626. The van der Waals surface area contributed by atoms with Crippen LogP contribution in [0.15, 0.2) is 0 Å². The van der Waals surface area contributed by atoms with Crippen LogP contribution in [0.25, 0.3) is 0 Å². The van der Waals surface area contributed by atoms with Gasteiger partial charge in [-0.25, -0.2) is 0 Å². The van der Waals surface area contributed by atoms with Crippen LogP contribution < -0.4 is 5.23 Å². The fourth-order valence-corrected chi connectivity index (χ4v) is 1.35. The Hall–Kier alpha value is 0.325. The van der Waals surface area contributed by atoms with Gasteiger partial charge in [0.2, 0.25) is 5.91 Å². The molecule has 0 rings (SSSR count). The second-order valence-corrected chi connectivity index (χ2v) is 6.29. The Morgan fingerprint density at radius 2 is 2.21 bits per heavy atom. The van der Waals surface area contributed by atoms with Gasteiger partial charge < -0.3 is 10.3 Å². The average molecular weight is 329 g/mol. The molecule has 0 aromatic carbocycles. The molecule has 14 heavy (non-hydrogen) atoms. The first-order valence-electron chi connectivity index (χ1n) is 4.32. The van der Waals surface area contributed by atoms with E-state index in [0.717, 1.165) is 0 Å². The second kappa shape index (κ2) is 7.60. The van der Waals surface area contributed by atoms with Gasteiger partial charge >= 0.3 is 4.42 Å². The molecule has 1 amide bonds. The summed E-state index contributed by atoms with van der Waals surface area (Å²) in [6, 6.07) is 0. The summed E-state index contributed by atoms with van der Waals surface area (Å²) >= 11 is 2.02. The molecule has 2 atom stereocenters. The molecule has 0 bridgehead atoms. The highest BCUT2D eigenvalue weighted by Gasteiger charge is 2.21. The average Bonchev–Trinajstić information content (AvgIpc) is 2.11. The van der Waals surface area contributed by atoms with Crippen LogP contribution in [0, 0.1) is 5.92 Å². The summed E-state index contributed by atoms with van der Waals surface area (Å²) in [6.45, 7) is 1.57. The Balaban J connectivity index is 3.97. The van der Waals surface area contributed by atoms with E-state index in [4.69, 9.17) is 5.11 Å². The topological polar surface area (TPSA) is 66.4 Å². The van der Waals surface area contributed by atoms with E-state index in [9.17, 15) is 9.59 Å². The number of carbonyl (C=O) groups is 2. The van der Waals surface area contributed by atoms with Gasteiger partial charge in [0.05, 0.1) is 5.92 Å². The Kier molecular flexibility index (Phi) is 7.77. The lowest BCUT2D eigenvalue weighted by Gasteiger charge is -2.10. The normalized spacial score (nSPS) is 12.0. The highest BCUT2D eigenvalue weighted by atomic mass is 127. The summed E-state index contributed by atoms with van der Waals surface area (Å²) in [5.74, 6) is -1.01. The Labute approximate surface area is 99.7 Å². The van der Waals surface area contributed by atoms with E-state index < -0.39 is 5.92 Å². The number of aliphatic hydroxyl groups excluding tert-OH is 1. The van der Waals surface area contributed by atoms with Gasteiger partial charge in [-0.15, -0.1) is 31.5 Å². The first kappa shape index (κ1) is 14.3. The van der Waals surface area contributed by atoms with Gasteiger partial charge in [0.1, 0.15) is 5.78 Å². The third kappa shape index (κ3) is 5.93. The largest absolute Gasteiger partial charge is 0.396 e. The number of aliphatic hydroxyl groups is 1. The predicted molar refractivity (Wildman–Crippen MR) is 68.1 cm³/mol. The molecule has 2 N–H and O–H groups in total. The molecule has 0 saturated carbocycles. The van der Waals surface area contributed by atoms with Crippen LogP contribution in [0.3, 0.4) is 0 Å². The van der Waals surface area contributed by atoms with E-state index >= 15 is 0 Å². The summed E-state index contributed by atoms with van der Waals surface area (Å²) < 4.78 is -0.0619. The number of rotatable bonds is 6. The molecule has 0 aliphatic heterocycles. The number of Topliss-reactive ketones (excluding diaryl/α,β-unsaturated/α-hetero) is 1. The van der Waals surface area contributed by atoms with E-state index in [0.29, 0.717) is 6.42 Å². The van der Waals surface area contributed by atoms with E-state index in [2.05, 4.69) is 14.3 Å². The van der Waals surface area contributed by atoms with Gasteiger partial charge in [-0.2, -0.15) is 0 Å². The maximum absolute atomic E-state index is 11.3. The molecular weight excluding hydrogens is 315 g/mol. The quantitative estimate of drug-likeness (QED) is 0.320. The first-order valence-corrected chi connectivity index (χ1v) is 6.24. The summed E-state index contributed by atoms with van der Waals surface area (Å²) in [6.07, 6.45) is 0.679. The lowest BCUT2D eigenvalue weighted by molar-refractivity contribution is -0.132. The molecule has 2 unspecified atom stereocenters. The van der Waals surface area contributed by atoms with Crippen molar-refractivity contribution in [3.05, 3.63) is 0 Å². The molecule has 4 nitrogen and oxygen atoms in total. The van der Waals surface area contributed by atoms with Crippen molar-refractivity contribution >= 4 is 47.6 Å². The number of nitrogens with one attached hydrogen (secondary N) is 1. The lowest BCUT2D eigenvalue weighted by Crippen LogP contribution is -2.37. The number of hydrogen-bond acceptors (Lipinski definition) is 3. The van der Waals surface area contributed by atoms with Gasteiger partial charge in [-0.3, -0.25) is 9.59 Å². The Morgan fingerprint density at radius 1 is 1.64 bits per heavy atom.